The average molecular weight is 261 g/mol. The highest BCUT2D eigenvalue weighted by Gasteiger charge is 2.35. The molecule has 0 heterocycles. The molecule has 1 aromatic carbocycles. The molecule has 0 radical (unpaired) electrons. The van der Waals surface area contributed by atoms with E-state index in [1.165, 1.54) is 5.56 Å². The largest absolute Gasteiger partial charge is 0.481 e. The minimum atomic E-state index is -0.890. The van der Waals surface area contributed by atoms with Gasteiger partial charge < -0.3 is 10.4 Å². The maximum atomic E-state index is 12.1. The summed E-state index contributed by atoms with van der Waals surface area (Å²) in [5, 5.41) is 11.9. The van der Waals surface area contributed by atoms with Gasteiger partial charge in [0, 0.05) is 6.54 Å². The summed E-state index contributed by atoms with van der Waals surface area (Å²) in [5.74, 6) is -1.06. The molecule has 2 atom stereocenters. The number of carbonyl (C=O) groups is 2. The van der Waals surface area contributed by atoms with E-state index in [-0.39, 0.29) is 18.4 Å². The van der Waals surface area contributed by atoms with Crippen molar-refractivity contribution in [3.05, 3.63) is 35.4 Å². The second-order valence-electron chi connectivity index (χ2n) is 5.39. The van der Waals surface area contributed by atoms with Crippen LogP contribution in [-0.4, -0.2) is 23.5 Å². The lowest BCUT2D eigenvalue weighted by atomic mass is 9.77. The van der Waals surface area contributed by atoms with E-state index in [2.05, 4.69) is 5.32 Å². The Kier molecular flexibility index (Phi) is 3.60. The van der Waals surface area contributed by atoms with Gasteiger partial charge in [-0.1, -0.05) is 31.2 Å². The van der Waals surface area contributed by atoms with Crippen molar-refractivity contribution in [3.8, 4) is 0 Å². The summed E-state index contributed by atoms with van der Waals surface area (Å²) in [7, 11) is 0. The third-order valence-electron chi connectivity index (χ3n) is 4.12. The van der Waals surface area contributed by atoms with E-state index in [4.69, 9.17) is 5.11 Å². The maximum Gasteiger partial charge on any atom is 0.311 e. The molecule has 0 aliphatic heterocycles. The van der Waals surface area contributed by atoms with Gasteiger partial charge in [-0.25, -0.2) is 0 Å². The van der Waals surface area contributed by atoms with Gasteiger partial charge in [0.05, 0.1) is 11.3 Å². The first-order chi connectivity index (χ1) is 8.98. The van der Waals surface area contributed by atoms with Crippen molar-refractivity contribution in [1.82, 2.24) is 5.32 Å². The predicted octanol–water partition coefficient (Wildman–Crippen LogP) is 1.94. The molecule has 1 amide bonds. The first kappa shape index (κ1) is 13.6. The van der Waals surface area contributed by atoms with Crippen molar-refractivity contribution < 1.29 is 14.7 Å². The van der Waals surface area contributed by atoms with Gasteiger partial charge in [0.1, 0.15) is 0 Å². The Morgan fingerprint density at radius 3 is 2.68 bits per heavy atom. The normalized spacial score (nSPS) is 19.8. The minimum absolute atomic E-state index is 0.0698. The van der Waals surface area contributed by atoms with E-state index in [1.807, 2.05) is 31.2 Å². The highest BCUT2D eigenvalue weighted by atomic mass is 16.4. The highest BCUT2D eigenvalue weighted by molar-refractivity contribution is 5.87. The Labute approximate surface area is 112 Å². The number of aliphatic carboxylic acids is 1. The molecule has 0 aromatic heterocycles. The highest BCUT2D eigenvalue weighted by Crippen LogP contribution is 2.35. The Morgan fingerprint density at radius 1 is 1.42 bits per heavy atom. The Morgan fingerprint density at radius 2 is 2.11 bits per heavy atom. The van der Waals surface area contributed by atoms with Gasteiger partial charge in [-0.05, 0) is 30.9 Å². The van der Waals surface area contributed by atoms with Crippen molar-refractivity contribution in [2.75, 3.05) is 6.54 Å². The molecule has 1 aromatic rings. The van der Waals surface area contributed by atoms with Crippen molar-refractivity contribution >= 4 is 11.9 Å². The maximum absolute atomic E-state index is 12.1. The number of hydrogen-bond donors (Lipinski definition) is 2. The summed E-state index contributed by atoms with van der Waals surface area (Å²) >= 11 is 0. The summed E-state index contributed by atoms with van der Waals surface area (Å²) in [4.78, 5) is 23.2. The number of nitrogens with one attached hydrogen (secondary N) is 1. The van der Waals surface area contributed by atoms with Crippen molar-refractivity contribution in [2.24, 2.45) is 5.41 Å². The molecule has 2 N–H and O–H groups in total. The number of carboxylic acid groups (broad SMARTS) is 1. The van der Waals surface area contributed by atoms with Crippen LogP contribution >= 0.6 is 0 Å². The van der Waals surface area contributed by atoms with Crippen LogP contribution in [0.5, 0.6) is 0 Å². The third-order valence-corrected chi connectivity index (χ3v) is 4.12. The topological polar surface area (TPSA) is 66.4 Å². The van der Waals surface area contributed by atoms with Gasteiger partial charge in [0.2, 0.25) is 5.91 Å². The number of fused-ring (bicyclic) bond motifs is 1. The third kappa shape index (κ3) is 2.48. The van der Waals surface area contributed by atoms with Crippen LogP contribution < -0.4 is 5.32 Å². The van der Waals surface area contributed by atoms with Crippen molar-refractivity contribution in [2.45, 2.75) is 32.6 Å². The van der Waals surface area contributed by atoms with Gasteiger partial charge >= 0.3 is 5.97 Å². The monoisotopic (exact) mass is 261 g/mol. The smallest absolute Gasteiger partial charge is 0.311 e. The lowest BCUT2D eigenvalue weighted by Gasteiger charge is -2.30. The number of carbonyl (C=O) groups excluding carboxylic acids is 1. The fourth-order valence-electron chi connectivity index (χ4n) is 2.25. The Balaban J connectivity index is 1.96. The van der Waals surface area contributed by atoms with Crippen LogP contribution in [0.4, 0.5) is 0 Å². The molecule has 0 saturated heterocycles. The molecule has 0 saturated carbocycles. The fourth-order valence-corrected chi connectivity index (χ4v) is 2.25. The number of rotatable bonds is 5. The Bertz CT molecular complexity index is 512. The fraction of sp³-hybridized carbons (Fsp3) is 0.467. The summed E-state index contributed by atoms with van der Waals surface area (Å²) in [6, 6.07) is 7.86. The summed E-state index contributed by atoms with van der Waals surface area (Å²) < 4.78 is 0. The summed E-state index contributed by atoms with van der Waals surface area (Å²) in [5.41, 5.74) is 1.38. The molecular formula is C15H19NO3. The van der Waals surface area contributed by atoms with Crippen LogP contribution in [0.1, 0.15) is 37.3 Å². The lowest BCUT2D eigenvalue weighted by Crippen LogP contribution is -2.44. The van der Waals surface area contributed by atoms with Crippen LogP contribution in [-0.2, 0) is 16.0 Å². The van der Waals surface area contributed by atoms with Crippen LogP contribution in [0.15, 0.2) is 24.3 Å². The minimum Gasteiger partial charge on any atom is -0.481 e. The molecule has 0 fully saturated rings. The van der Waals surface area contributed by atoms with Crippen LogP contribution in [0.25, 0.3) is 0 Å². The average Bonchev–Trinajstić information content (AvgIpc) is 2.37. The molecule has 4 nitrogen and oxygen atoms in total. The zero-order valence-electron chi connectivity index (χ0n) is 11.3. The number of carboxylic acids is 1. The zero-order chi connectivity index (χ0) is 14.0. The van der Waals surface area contributed by atoms with Gasteiger partial charge in [-0.3, -0.25) is 9.59 Å². The van der Waals surface area contributed by atoms with Crippen molar-refractivity contribution in [3.63, 3.8) is 0 Å². The van der Waals surface area contributed by atoms with E-state index >= 15 is 0 Å². The van der Waals surface area contributed by atoms with E-state index in [1.54, 1.807) is 6.92 Å². The van der Waals surface area contributed by atoms with Gasteiger partial charge in [-0.15, -0.1) is 0 Å². The van der Waals surface area contributed by atoms with E-state index < -0.39 is 11.4 Å². The van der Waals surface area contributed by atoms with Crippen molar-refractivity contribution in [1.29, 1.82) is 0 Å². The molecule has 2 unspecified atom stereocenters. The second kappa shape index (κ2) is 5.03. The first-order valence-corrected chi connectivity index (χ1v) is 6.57. The first-order valence-electron chi connectivity index (χ1n) is 6.57. The molecule has 102 valence electrons. The molecule has 1 aliphatic carbocycles. The molecule has 19 heavy (non-hydrogen) atoms. The van der Waals surface area contributed by atoms with Gasteiger partial charge in [0.15, 0.2) is 0 Å². The van der Waals surface area contributed by atoms with E-state index in [0.29, 0.717) is 6.42 Å². The molecular weight excluding hydrogens is 242 g/mol. The van der Waals surface area contributed by atoms with Crippen LogP contribution in [0.2, 0.25) is 0 Å². The van der Waals surface area contributed by atoms with Gasteiger partial charge in [0.25, 0.3) is 0 Å². The predicted molar refractivity (Wildman–Crippen MR) is 71.9 cm³/mol. The van der Waals surface area contributed by atoms with Crippen LogP contribution in [0, 0.1) is 5.41 Å². The molecule has 1 aliphatic rings. The van der Waals surface area contributed by atoms with Gasteiger partial charge in [-0.2, -0.15) is 0 Å². The van der Waals surface area contributed by atoms with Crippen LogP contribution in [0.3, 0.4) is 0 Å². The number of hydrogen-bond acceptors (Lipinski definition) is 2. The zero-order valence-corrected chi connectivity index (χ0v) is 11.3. The summed E-state index contributed by atoms with van der Waals surface area (Å²) in [6.07, 6.45) is 1.24. The second-order valence-corrected chi connectivity index (χ2v) is 5.39. The quantitative estimate of drug-likeness (QED) is 0.851. The lowest BCUT2D eigenvalue weighted by molar-refractivity contribution is -0.148. The summed E-state index contributed by atoms with van der Waals surface area (Å²) in [6.45, 7) is 3.65. The molecule has 4 heteroatoms. The Hall–Kier alpha value is -1.84. The van der Waals surface area contributed by atoms with E-state index in [9.17, 15) is 9.59 Å². The molecule has 0 spiro atoms. The molecule has 0 bridgehead atoms. The van der Waals surface area contributed by atoms with E-state index in [0.717, 1.165) is 12.0 Å². The standard InChI is InChI=1S/C15H19NO3/c1-3-15(2,14(18)19)9-16-13(17)12-8-10-6-4-5-7-11(10)12/h4-7,12H,3,8-9H2,1-2H3,(H,16,17)(H,18,19). The SMILES string of the molecule is CCC(C)(CNC(=O)C1Cc2ccccc21)C(=O)O. The number of amides is 1. The number of benzene rings is 1. The molecule has 2 rings (SSSR count).